The van der Waals surface area contributed by atoms with E-state index < -0.39 is 0 Å². The van der Waals surface area contributed by atoms with Gasteiger partial charge in [0.15, 0.2) is 0 Å². The Morgan fingerprint density at radius 1 is 1.11 bits per heavy atom. The molecule has 1 aliphatic heterocycles. The number of benzene rings is 2. The third kappa shape index (κ3) is 4.37. The van der Waals surface area contributed by atoms with E-state index >= 15 is 0 Å². The van der Waals surface area contributed by atoms with E-state index in [0.29, 0.717) is 12.5 Å². The molecular weight excluding hydrogens is 348 g/mol. The van der Waals surface area contributed by atoms with Crippen LogP contribution >= 0.6 is 0 Å². The van der Waals surface area contributed by atoms with Crippen molar-refractivity contribution in [3.8, 4) is 0 Å². The molecule has 2 aromatic carbocycles. The van der Waals surface area contributed by atoms with E-state index in [1.807, 2.05) is 59.3 Å². The second-order valence-electron chi connectivity index (χ2n) is 8.54. The number of rotatable bonds is 5. The summed E-state index contributed by atoms with van der Waals surface area (Å²) in [6.45, 7) is 7.70. The van der Waals surface area contributed by atoms with Gasteiger partial charge in [-0.3, -0.25) is 9.59 Å². The molecule has 1 aliphatic rings. The Balaban J connectivity index is 1.74. The summed E-state index contributed by atoms with van der Waals surface area (Å²) in [5.41, 5.74) is 0.729. The smallest absolute Gasteiger partial charge is 0.254 e. The summed E-state index contributed by atoms with van der Waals surface area (Å²) in [6, 6.07) is 14.1. The number of likely N-dealkylation sites (tertiary alicyclic amines) is 1. The molecule has 1 heterocycles. The van der Waals surface area contributed by atoms with Crippen molar-refractivity contribution in [3.63, 3.8) is 0 Å². The van der Waals surface area contributed by atoms with Crippen LogP contribution in [0.1, 0.15) is 50.4 Å². The van der Waals surface area contributed by atoms with E-state index in [1.54, 1.807) is 0 Å². The Morgan fingerprint density at radius 2 is 1.82 bits per heavy atom. The number of fused-ring (bicyclic) bond motifs is 1. The van der Waals surface area contributed by atoms with Crippen LogP contribution in [0.15, 0.2) is 42.5 Å². The van der Waals surface area contributed by atoms with E-state index in [-0.39, 0.29) is 23.8 Å². The first-order valence-electron chi connectivity index (χ1n) is 10.4. The summed E-state index contributed by atoms with van der Waals surface area (Å²) in [7, 11) is 1.90. The molecule has 2 amide bonds. The van der Waals surface area contributed by atoms with Gasteiger partial charge in [0.2, 0.25) is 5.91 Å². The number of hydrogen-bond acceptors (Lipinski definition) is 2. The van der Waals surface area contributed by atoms with E-state index in [0.717, 1.165) is 42.1 Å². The molecule has 2 atom stereocenters. The van der Waals surface area contributed by atoms with Gasteiger partial charge in [-0.2, -0.15) is 0 Å². The van der Waals surface area contributed by atoms with Crippen LogP contribution < -0.4 is 0 Å². The Bertz CT molecular complexity index is 840. The van der Waals surface area contributed by atoms with Crippen molar-refractivity contribution in [1.29, 1.82) is 0 Å². The molecule has 0 aliphatic carbocycles. The Morgan fingerprint density at radius 3 is 2.57 bits per heavy atom. The maximum Gasteiger partial charge on any atom is 0.254 e. The third-order valence-corrected chi connectivity index (χ3v) is 5.90. The second kappa shape index (κ2) is 8.76. The van der Waals surface area contributed by atoms with Gasteiger partial charge in [-0.25, -0.2) is 0 Å². The highest BCUT2D eigenvalue weighted by molar-refractivity contribution is 6.07. The third-order valence-electron chi connectivity index (χ3n) is 5.90. The van der Waals surface area contributed by atoms with Crippen LogP contribution in [0.25, 0.3) is 10.8 Å². The van der Waals surface area contributed by atoms with Gasteiger partial charge in [0, 0.05) is 31.7 Å². The minimum atomic E-state index is -0.104. The van der Waals surface area contributed by atoms with Gasteiger partial charge in [-0.15, -0.1) is 0 Å². The van der Waals surface area contributed by atoms with Gasteiger partial charge in [-0.1, -0.05) is 50.2 Å². The molecule has 1 fully saturated rings. The molecule has 0 radical (unpaired) electrons. The number of carbonyl (C=O) groups excluding carboxylic acids is 2. The fourth-order valence-corrected chi connectivity index (χ4v) is 4.29. The summed E-state index contributed by atoms with van der Waals surface area (Å²) in [6.07, 6.45) is 2.73. The number of nitrogens with zero attached hydrogens (tertiary/aromatic N) is 2. The molecule has 4 heteroatoms. The minimum Gasteiger partial charge on any atom is -0.343 e. The molecule has 3 rings (SSSR count). The van der Waals surface area contributed by atoms with E-state index in [1.165, 1.54) is 0 Å². The SMILES string of the molecule is CC(C)CC(C)N(C)C(=O)C1CCCN(C(=O)c2cccc3ccccc23)C1. The van der Waals surface area contributed by atoms with E-state index in [2.05, 4.69) is 20.8 Å². The fraction of sp³-hybridized carbons (Fsp3) is 0.500. The van der Waals surface area contributed by atoms with Crippen LogP contribution in [-0.2, 0) is 4.79 Å². The average Bonchev–Trinajstić information content (AvgIpc) is 2.71. The molecule has 0 spiro atoms. The minimum absolute atomic E-state index is 0.0344. The van der Waals surface area contributed by atoms with Gasteiger partial charge in [0.1, 0.15) is 0 Å². The van der Waals surface area contributed by atoms with E-state index in [4.69, 9.17) is 0 Å². The highest BCUT2D eigenvalue weighted by Crippen LogP contribution is 2.25. The molecule has 0 bridgehead atoms. The Kier molecular flexibility index (Phi) is 6.38. The number of carbonyl (C=O) groups is 2. The lowest BCUT2D eigenvalue weighted by Crippen LogP contribution is -2.48. The molecule has 2 aromatic rings. The van der Waals surface area contributed by atoms with Crippen LogP contribution in [-0.4, -0.2) is 47.8 Å². The monoisotopic (exact) mass is 380 g/mol. The normalized spacial score (nSPS) is 18.3. The molecule has 28 heavy (non-hydrogen) atoms. The van der Waals surface area contributed by atoms with Crippen molar-refractivity contribution < 1.29 is 9.59 Å². The maximum atomic E-state index is 13.2. The highest BCUT2D eigenvalue weighted by atomic mass is 16.2. The van der Waals surface area contributed by atoms with Gasteiger partial charge in [-0.05, 0) is 48.9 Å². The first kappa shape index (κ1) is 20.4. The highest BCUT2D eigenvalue weighted by Gasteiger charge is 2.32. The lowest BCUT2D eigenvalue weighted by molar-refractivity contribution is -0.137. The number of hydrogen-bond donors (Lipinski definition) is 0. The molecule has 4 nitrogen and oxygen atoms in total. The van der Waals surface area contributed by atoms with Crippen LogP contribution in [0.3, 0.4) is 0 Å². The number of amides is 2. The molecule has 0 N–H and O–H groups in total. The van der Waals surface area contributed by atoms with Gasteiger partial charge in [0.05, 0.1) is 5.92 Å². The second-order valence-corrected chi connectivity index (χ2v) is 8.54. The molecule has 0 aromatic heterocycles. The topological polar surface area (TPSA) is 40.6 Å². The molecule has 1 saturated heterocycles. The molecule has 0 saturated carbocycles. The zero-order valence-electron chi connectivity index (χ0n) is 17.5. The van der Waals surface area contributed by atoms with Crippen molar-refractivity contribution >= 4 is 22.6 Å². The zero-order valence-corrected chi connectivity index (χ0v) is 17.5. The largest absolute Gasteiger partial charge is 0.343 e. The standard InChI is InChI=1S/C24H32N2O2/c1-17(2)15-18(3)25(4)23(27)20-11-8-14-26(16-20)24(28)22-13-7-10-19-9-5-6-12-21(19)22/h5-7,9-10,12-13,17-18,20H,8,11,14-16H2,1-4H3. The summed E-state index contributed by atoms with van der Waals surface area (Å²) in [5, 5.41) is 2.05. The zero-order chi connectivity index (χ0) is 20.3. The van der Waals surface area contributed by atoms with Gasteiger partial charge < -0.3 is 9.80 Å². The van der Waals surface area contributed by atoms with Crippen molar-refractivity contribution in [2.45, 2.75) is 46.1 Å². The van der Waals surface area contributed by atoms with Crippen LogP contribution in [0, 0.1) is 11.8 Å². The van der Waals surface area contributed by atoms with Crippen molar-refractivity contribution in [2.75, 3.05) is 20.1 Å². The van der Waals surface area contributed by atoms with Crippen LogP contribution in [0.5, 0.6) is 0 Å². The molecular formula is C24H32N2O2. The summed E-state index contributed by atoms with van der Waals surface area (Å²) >= 11 is 0. The lowest BCUT2D eigenvalue weighted by atomic mass is 9.94. The van der Waals surface area contributed by atoms with Crippen molar-refractivity contribution in [2.24, 2.45) is 11.8 Å². The Labute approximate surface area is 168 Å². The van der Waals surface area contributed by atoms with Crippen molar-refractivity contribution in [3.05, 3.63) is 48.0 Å². The van der Waals surface area contributed by atoms with Crippen LogP contribution in [0.2, 0.25) is 0 Å². The lowest BCUT2D eigenvalue weighted by Gasteiger charge is -2.36. The Hall–Kier alpha value is -2.36. The summed E-state index contributed by atoms with van der Waals surface area (Å²) in [5.74, 6) is 0.657. The van der Waals surface area contributed by atoms with Gasteiger partial charge >= 0.3 is 0 Å². The predicted molar refractivity (Wildman–Crippen MR) is 114 cm³/mol. The summed E-state index contributed by atoms with van der Waals surface area (Å²) < 4.78 is 0. The van der Waals surface area contributed by atoms with Crippen molar-refractivity contribution in [1.82, 2.24) is 9.80 Å². The first-order valence-corrected chi connectivity index (χ1v) is 10.4. The average molecular weight is 381 g/mol. The predicted octanol–water partition coefficient (Wildman–Crippen LogP) is 4.59. The van der Waals surface area contributed by atoms with E-state index in [9.17, 15) is 9.59 Å². The quantitative estimate of drug-likeness (QED) is 0.761. The van der Waals surface area contributed by atoms with Crippen LogP contribution in [0.4, 0.5) is 0 Å². The number of piperidine rings is 1. The summed E-state index contributed by atoms with van der Waals surface area (Å²) in [4.78, 5) is 30.0. The first-order chi connectivity index (χ1) is 13.4. The maximum absolute atomic E-state index is 13.2. The molecule has 2 unspecified atom stereocenters. The fourth-order valence-electron chi connectivity index (χ4n) is 4.29. The molecule has 150 valence electrons. The van der Waals surface area contributed by atoms with Gasteiger partial charge in [0.25, 0.3) is 5.91 Å².